The average Bonchev–Trinajstić information content (AvgIpc) is 2.92. The Bertz CT molecular complexity index is 995. The molecule has 130 valence electrons. The van der Waals surface area contributed by atoms with E-state index in [4.69, 9.17) is 16.7 Å². The number of sulfonamides is 1. The van der Waals surface area contributed by atoms with Gasteiger partial charge >= 0.3 is 0 Å². The molecule has 5 nitrogen and oxygen atoms in total. The molecule has 0 saturated carbocycles. The molecule has 0 aliphatic carbocycles. The fourth-order valence-corrected chi connectivity index (χ4v) is 3.55. The molecule has 25 heavy (non-hydrogen) atoms. The van der Waals surface area contributed by atoms with Gasteiger partial charge in [0.25, 0.3) is 0 Å². The van der Waals surface area contributed by atoms with Gasteiger partial charge in [-0.3, -0.25) is 0 Å². The third kappa shape index (κ3) is 3.46. The summed E-state index contributed by atoms with van der Waals surface area (Å²) in [6.45, 7) is 4.05. The van der Waals surface area contributed by atoms with Gasteiger partial charge in [-0.2, -0.15) is 5.10 Å². The van der Waals surface area contributed by atoms with Crippen LogP contribution in [0.3, 0.4) is 0 Å². The van der Waals surface area contributed by atoms with Crippen LogP contribution < -0.4 is 5.14 Å². The number of aromatic nitrogens is 2. The Hall–Kier alpha value is -2.15. The Morgan fingerprint density at radius 2 is 1.64 bits per heavy atom. The van der Waals surface area contributed by atoms with E-state index in [-0.39, 0.29) is 10.8 Å². The molecule has 1 aromatic heterocycles. The minimum absolute atomic E-state index is 0.0554. The Kier molecular flexibility index (Phi) is 4.69. The molecular weight excluding hydrogens is 358 g/mol. The van der Waals surface area contributed by atoms with E-state index in [2.05, 4.69) is 5.10 Å². The van der Waals surface area contributed by atoms with Crippen LogP contribution in [-0.4, -0.2) is 18.2 Å². The van der Waals surface area contributed by atoms with E-state index in [1.807, 2.05) is 44.2 Å². The molecule has 0 unspecified atom stereocenters. The molecule has 3 aromatic rings. The second kappa shape index (κ2) is 6.63. The zero-order valence-electron chi connectivity index (χ0n) is 13.8. The summed E-state index contributed by atoms with van der Waals surface area (Å²) in [5, 5.41) is 10.4. The van der Waals surface area contributed by atoms with Gasteiger partial charge in [0.05, 0.1) is 27.0 Å². The van der Waals surface area contributed by atoms with Crippen molar-refractivity contribution in [3.63, 3.8) is 0 Å². The summed E-state index contributed by atoms with van der Waals surface area (Å²) >= 11 is 6.61. The highest BCUT2D eigenvalue weighted by atomic mass is 35.5. The van der Waals surface area contributed by atoms with Gasteiger partial charge in [-0.25, -0.2) is 18.2 Å². The topological polar surface area (TPSA) is 78.0 Å². The highest BCUT2D eigenvalue weighted by molar-refractivity contribution is 7.89. The average molecular weight is 376 g/mol. The minimum Gasteiger partial charge on any atom is -0.231 e. The number of rotatable bonds is 4. The van der Waals surface area contributed by atoms with Crippen LogP contribution in [0.25, 0.3) is 16.9 Å². The monoisotopic (exact) mass is 375 g/mol. The van der Waals surface area contributed by atoms with Crippen LogP contribution in [0, 0.1) is 0 Å². The highest BCUT2D eigenvalue weighted by Crippen LogP contribution is 2.36. The minimum atomic E-state index is -3.74. The van der Waals surface area contributed by atoms with E-state index < -0.39 is 10.0 Å². The maximum absolute atomic E-state index is 11.5. The molecule has 0 radical (unpaired) electrons. The van der Waals surface area contributed by atoms with Crippen molar-refractivity contribution in [1.82, 2.24) is 9.78 Å². The van der Waals surface area contributed by atoms with Gasteiger partial charge in [-0.15, -0.1) is 0 Å². The predicted molar refractivity (Wildman–Crippen MR) is 99.5 cm³/mol. The summed E-state index contributed by atoms with van der Waals surface area (Å²) in [5.41, 5.74) is 3.20. The predicted octanol–water partition coefficient (Wildman–Crippen LogP) is 3.96. The summed E-state index contributed by atoms with van der Waals surface area (Å²) in [6.07, 6.45) is 0. The van der Waals surface area contributed by atoms with Gasteiger partial charge in [0, 0.05) is 5.56 Å². The van der Waals surface area contributed by atoms with Crippen LogP contribution in [0.15, 0.2) is 59.5 Å². The third-order valence-corrected chi connectivity index (χ3v) is 5.16. The molecule has 0 saturated heterocycles. The van der Waals surface area contributed by atoms with E-state index in [1.54, 1.807) is 16.8 Å². The van der Waals surface area contributed by atoms with Crippen LogP contribution >= 0.6 is 11.6 Å². The molecule has 0 amide bonds. The Balaban J connectivity index is 2.20. The van der Waals surface area contributed by atoms with E-state index in [0.29, 0.717) is 10.7 Å². The number of hydrogen-bond donors (Lipinski definition) is 1. The SMILES string of the molecule is CC(C)c1nn(-c2ccc(S(N)(=O)=O)cc2)c(-c2ccccc2)c1Cl. The summed E-state index contributed by atoms with van der Waals surface area (Å²) < 4.78 is 24.6. The van der Waals surface area contributed by atoms with Crippen molar-refractivity contribution in [3.8, 4) is 16.9 Å². The van der Waals surface area contributed by atoms with E-state index in [1.165, 1.54) is 12.1 Å². The Morgan fingerprint density at radius 1 is 1.04 bits per heavy atom. The first-order valence-corrected chi connectivity index (χ1v) is 9.68. The number of primary sulfonamides is 1. The Morgan fingerprint density at radius 3 is 2.16 bits per heavy atom. The van der Waals surface area contributed by atoms with E-state index in [9.17, 15) is 8.42 Å². The molecule has 0 bridgehead atoms. The second-order valence-corrected chi connectivity index (χ2v) is 7.96. The molecule has 0 fully saturated rings. The van der Waals surface area contributed by atoms with E-state index >= 15 is 0 Å². The van der Waals surface area contributed by atoms with Crippen molar-refractivity contribution in [3.05, 3.63) is 65.3 Å². The molecule has 0 spiro atoms. The number of hydrogen-bond acceptors (Lipinski definition) is 3. The van der Waals surface area contributed by atoms with Crippen molar-refractivity contribution < 1.29 is 8.42 Å². The first kappa shape index (κ1) is 17.7. The first-order chi connectivity index (χ1) is 11.8. The van der Waals surface area contributed by atoms with E-state index in [0.717, 1.165) is 17.0 Å². The molecule has 2 N–H and O–H groups in total. The van der Waals surface area contributed by atoms with Crippen LogP contribution in [0.4, 0.5) is 0 Å². The molecule has 2 aromatic carbocycles. The quantitative estimate of drug-likeness (QED) is 0.749. The molecule has 0 aliphatic rings. The highest BCUT2D eigenvalue weighted by Gasteiger charge is 2.21. The van der Waals surface area contributed by atoms with Gasteiger partial charge in [0.15, 0.2) is 0 Å². The fourth-order valence-electron chi connectivity index (χ4n) is 2.59. The summed E-state index contributed by atoms with van der Waals surface area (Å²) in [4.78, 5) is 0.0554. The van der Waals surface area contributed by atoms with Crippen LogP contribution in [-0.2, 0) is 10.0 Å². The number of nitrogens with two attached hydrogens (primary N) is 1. The molecule has 7 heteroatoms. The van der Waals surface area contributed by atoms with Crippen molar-refractivity contribution in [2.75, 3.05) is 0 Å². The smallest absolute Gasteiger partial charge is 0.231 e. The van der Waals surface area contributed by atoms with Crippen molar-refractivity contribution >= 4 is 21.6 Å². The largest absolute Gasteiger partial charge is 0.238 e. The summed E-state index contributed by atoms with van der Waals surface area (Å²) in [7, 11) is -3.74. The lowest BCUT2D eigenvalue weighted by Gasteiger charge is -2.09. The number of halogens is 1. The number of nitrogens with zero attached hydrogens (tertiary/aromatic N) is 2. The van der Waals surface area contributed by atoms with Crippen molar-refractivity contribution in [2.24, 2.45) is 5.14 Å². The van der Waals surface area contributed by atoms with Gasteiger partial charge in [0.2, 0.25) is 10.0 Å². The molecule has 1 heterocycles. The van der Waals surface area contributed by atoms with Gasteiger partial charge in [-0.1, -0.05) is 55.8 Å². The van der Waals surface area contributed by atoms with Crippen molar-refractivity contribution in [1.29, 1.82) is 0 Å². The fraction of sp³-hybridized carbons (Fsp3) is 0.167. The summed E-state index contributed by atoms with van der Waals surface area (Å²) in [5.74, 6) is 0.153. The molecule has 0 atom stereocenters. The lowest BCUT2D eigenvalue weighted by atomic mass is 10.1. The van der Waals surface area contributed by atoms with Crippen LogP contribution in [0.1, 0.15) is 25.5 Å². The molecule has 0 aliphatic heterocycles. The van der Waals surface area contributed by atoms with Gasteiger partial charge in [-0.05, 0) is 30.2 Å². The van der Waals surface area contributed by atoms with Crippen molar-refractivity contribution in [2.45, 2.75) is 24.7 Å². The maximum Gasteiger partial charge on any atom is 0.238 e. The lowest BCUT2D eigenvalue weighted by molar-refractivity contribution is 0.598. The van der Waals surface area contributed by atoms with Gasteiger partial charge < -0.3 is 0 Å². The Labute approximate surface area is 152 Å². The number of benzene rings is 2. The van der Waals surface area contributed by atoms with Gasteiger partial charge in [0.1, 0.15) is 0 Å². The summed E-state index contributed by atoms with van der Waals surface area (Å²) in [6, 6.07) is 16.0. The first-order valence-electron chi connectivity index (χ1n) is 7.76. The van der Waals surface area contributed by atoms with Crippen LogP contribution in [0.5, 0.6) is 0 Å². The maximum atomic E-state index is 11.5. The zero-order chi connectivity index (χ0) is 18.2. The normalized spacial score (nSPS) is 11.9. The molecular formula is C18H18ClN3O2S. The second-order valence-electron chi connectivity index (χ2n) is 6.02. The zero-order valence-corrected chi connectivity index (χ0v) is 15.4. The van der Waals surface area contributed by atoms with Crippen LogP contribution in [0.2, 0.25) is 5.02 Å². The molecule has 3 rings (SSSR count). The standard InChI is InChI=1S/C18H18ClN3O2S/c1-12(2)17-16(19)18(13-6-4-3-5-7-13)22(21-17)14-8-10-15(11-9-14)25(20,23)24/h3-12H,1-2H3,(H2,20,23,24). The third-order valence-electron chi connectivity index (χ3n) is 3.86. The lowest BCUT2D eigenvalue weighted by Crippen LogP contribution is -2.12.